The van der Waals surface area contributed by atoms with Gasteiger partial charge in [0, 0.05) is 0 Å². The van der Waals surface area contributed by atoms with E-state index in [9.17, 15) is 13.6 Å². The average Bonchev–Trinajstić information content (AvgIpc) is 2.28. The molecule has 1 amide bonds. The van der Waals surface area contributed by atoms with Crippen LogP contribution in [0, 0.1) is 0 Å². The van der Waals surface area contributed by atoms with E-state index in [1.54, 1.807) is 31.2 Å². The Morgan fingerprint density at radius 3 is 2.69 bits per heavy atom. The summed E-state index contributed by atoms with van der Waals surface area (Å²) in [4.78, 5) is 10.8. The van der Waals surface area contributed by atoms with Gasteiger partial charge in [-0.25, -0.2) is 0 Å². The maximum Gasteiger partial charge on any atom is 0.315 e. The number of halogens is 2. The third kappa shape index (κ3) is 3.18. The molecule has 0 radical (unpaired) electrons. The number of amides is 1. The molecule has 0 heterocycles. The molecule has 0 spiro atoms. The number of ether oxygens (including phenoxy) is 1. The summed E-state index contributed by atoms with van der Waals surface area (Å²) in [5.41, 5.74) is 0.716. The van der Waals surface area contributed by atoms with Crippen LogP contribution >= 0.6 is 0 Å². The quantitative estimate of drug-likeness (QED) is 0.859. The second kappa shape index (κ2) is 5.44. The molecule has 1 atom stereocenters. The van der Waals surface area contributed by atoms with Gasteiger partial charge in [-0.15, -0.1) is 0 Å². The van der Waals surface area contributed by atoms with Crippen molar-refractivity contribution in [3.05, 3.63) is 29.8 Å². The average molecular weight is 229 g/mol. The Kier molecular flexibility index (Phi) is 4.22. The smallest absolute Gasteiger partial charge is 0.315 e. The van der Waals surface area contributed by atoms with Crippen molar-refractivity contribution < 1.29 is 18.3 Å². The van der Waals surface area contributed by atoms with Gasteiger partial charge in [0.25, 0.3) is 5.91 Å². The van der Waals surface area contributed by atoms with Crippen molar-refractivity contribution in [3.8, 4) is 5.75 Å². The number of methoxy groups -OCH3 is 1. The van der Waals surface area contributed by atoms with Gasteiger partial charge in [0.05, 0.1) is 13.2 Å². The second-order valence-electron chi connectivity index (χ2n) is 3.31. The van der Waals surface area contributed by atoms with Crippen molar-refractivity contribution in [3.63, 3.8) is 0 Å². The Morgan fingerprint density at radius 2 is 2.12 bits per heavy atom. The predicted octanol–water partition coefficient (Wildman–Crippen LogP) is 2.14. The fourth-order valence-corrected chi connectivity index (χ4v) is 1.27. The summed E-state index contributed by atoms with van der Waals surface area (Å²) in [7, 11) is 1.52. The van der Waals surface area contributed by atoms with Gasteiger partial charge in [-0.3, -0.25) is 4.79 Å². The van der Waals surface area contributed by atoms with Crippen molar-refractivity contribution in [2.75, 3.05) is 7.11 Å². The van der Waals surface area contributed by atoms with Crippen molar-refractivity contribution in [1.29, 1.82) is 0 Å². The number of benzene rings is 1. The second-order valence-corrected chi connectivity index (χ2v) is 3.31. The maximum absolute atomic E-state index is 12.0. The van der Waals surface area contributed by atoms with E-state index in [0.29, 0.717) is 11.3 Å². The largest absolute Gasteiger partial charge is 0.497 e. The van der Waals surface area contributed by atoms with Gasteiger partial charge in [-0.2, -0.15) is 8.78 Å². The summed E-state index contributed by atoms with van der Waals surface area (Å²) in [5, 5.41) is 2.20. The Morgan fingerprint density at radius 1 is 1.44 bits per heavy atom. The van der Waals surface area contributed by atoms with Crippen LogP contribution in [-0.2, 0) is 4.79 Å². The molecule has 1 rings (SSSR count). The molecule has 1 aromatic rings. The fourth-order valence-electron chi connectivity index (χ4n) is 1.27. The number of alkyl halides is 2. The van der Waals surface area contributed by atoms with Gasteiger partial charge >= 0.3 is 6.43 Å². The first-order chi connectivity index (χ1) is 7.54. The molecule has 0 unspecified atom stereocenters. The number of hydrogen-bond acceptors (Lipinski definition) is 2. The van der Waals surface area contributed by atoms with E-state index in [2.05, 4.69) is 5.32 Å². The molecular formula is C11H13F2NO2. The normalized spacial score (nSPS) is 12.3. The number of nitrogens with one attached hydrogen (secondary N) is 1. The zero-order valence-corrected chi connectivity index (χ0v) is 9.04. The van der Waals surface area contributed by atoms with Crippen LogP contribution in [0.1, 0.15) is 18.5 Å². The van der Waals surface area contributed by atoms with Crippen LogP contribution in [0.25, 0.3) is 0 Å². The van der Waals surface area contributed by atoms with Gasteiger partial charge in [-0.1, -0.05) is 12.1 Å². The van der Waals surface area contributed by atoms with Crippen LogP contribution in [0.3, 0.4) is 0 Å². The van der Waals surface area contributed by atoms with Gasteiger partial charge in [0.15, 0.2) is 0 Å². The summed E-state index contributed by atoms with van der Waals surface area (Å²) in [5.74, 6) is -0.647. The number of carbonyl (C=O) groups excluding carboxylic acids is 1. The summed E-state index contributed by atoms with van der Waals surface area (Å²) in [6, 6.07) is 6.43. The molecule has 0 aromatic heterocycles. The number of hydrogen-bond donors (Lipinski definition) is 1. The minimum absolute atomic E-state index is 0.475. The molecule has 0 aliphatic heterocycles. The first kappa shape index (κ1) is 12.4. The molecule has 5 heteroatoms. The van der Waals surface area contributed by atoms with Crippen LogP contribution in [0.4, 0.5) is 8.78 Å². The van der Waals surface area contributed by atoms with E-state index >= 15 is 0 Å². The third-order valence-electron chi connectivity index (χ3n) is 2.15. The molecule has 3 nitrogen and oxygen atoms in total. The highest BCUT2D eigenvalue weighted by atomic mass is 19.3. The van der Waals surface area contributed by atoms with Crippen LogP contribution in [-0.4, -0.2) is 19.4 Å². The Balaban J connectivity index is 2.72. The Labute approximate surface area is 92.4 Å². The van der Waals surface area contributed by atoms with Gasteiger partial charge in [-0.05, 0) is 24.6 Å². The minimum atomic E-state index is -2.99. The zero-order chi connectivity index (χ0) is 12.1. The first-order valence-electron chi connectivity index (χ1n) is 4.77. The van der Waals surface area contributed by atoms with E-state index in [0.717, 1.165) is 0 Å². The summed E-state index contributed by atoms with van der Waals surface area (Å²) in [6.45, 7) is 1.63. The highest BCUT2D eigenvalue weighted by Crippen LogP contribution is 2.18. The summed E-state index contributed by atoms with van der Waals surface area (Å²) < 4.78 is 29.0. The minimum Gasteiger partial charge on any atom is -0.497 e. The molecule has 16 heavy (non-hydrogen) atoms. The predicted molar refractivity (Wildman–Crippen MR) is 55.6 cm³/mol. The number of carbonyl (C=O) groups is 1. The van der Waals surface area contributed by atoms with E-state index in [-0.39, 0.29) is 0 Å². The zero-order valence-electron chi connectivity index (χ0n) is 9.04. The monoisotopic (exact) mass is 229 g/mol. The molecule has 0 aliphatic carbocycles. The lowest BCUT2D eigenvalue weighted by Crippen LogP contribution is -2.31. The number of rotatable bonds is 4. The molecule has 0 bridgehead atoms. The molecule has 0 saturated carbocycles. The fraction of sp³-hybridized carbons (Fsp3) is 0.364. The van der Waals surface area contributed by atoms with E-state index in [1.165, 1.54) is 7.11 Å². The van der Waals surface area contributed by atoms with Crippen LogP contribution in [0.15, 0.2) is 24.3 Å². The van der Waals surface area contributed by atoms with Crippen LogP contribution in [0.5, 0.6) is 5.75 Å². The van der Waals surface area contributed by atoms with Gasteiger partial charge in [0.2, 0.25) is 0 Å². The SMILES string of the molecule is COc1cccc([C@H](C)NC(=O)C(F)F)c1. The first-order valence-corrected chi connectivity index (χ1v) is 4.77. The van der Waals surface area contributed by atoms with Crippen molar-refractivity contribution in [2.24, 2.45) is 0 Å². The summed E-state index contributed by atoms with van der Waals surface area (Å²) in [6.07, 6.45) is -2.99. The lowest BCUT2D eigenvalue weighted by Gasteiger charge is -2.14. The topological polar surface area (TPSA) is 38.3 Å². The summed E-state index contributed by atoms with van der Waals surface area (Å²) >= 11 is 0. The standard InChI is InChI=1S/C11H13F2NO2/c1-7(14-11(15)10(12)13)8-4-3-5-9(6-8)16-2/h3-7,10H,1-2H3,(H,14,15)/t7-/m0/s1. The van der Waals surface area contributed by atoms with E-state index < -0.39 is 18.4 Å². The molecule has 1 aromatic carbocycles. The molecule has 1 N–H and O–H groups in total. The molecule has 88 valence electrons. The highest BCUT2D eigenvalue weighted by molar-refractivity contribution is 5.79. The van der Waals surface area contributed by atoms with Gasteiger partial charge in [0.1, 0.15) is 5.75 Å². The van der Waals surface area contributed by atoms with Crippen molar-refractivity contribution >= 4 is 5.91 Å². The van der Waals surface area contributed by atoms with E-state index in [1.807, 2.05) is 0 Å². The molecule has 0 aliphatic rings. The van der Waals surface area contributed by atoms with Crippen molar-refractivity contribution in [1.82, 2.24) is 5.32 Å². The molecule has 0 saturated heterocycles. The van der Waals surface area contributed by atoms with Gasteiger partial charge < -0.3 is 10.1 Å². The maximum atomic E-state index is 12.0. The van der Waals surface area contributed by atoms with E-state index in [4.69, 9.17) is 4.74 Å². The molecular weight excluding hydrogens is 216 g/mol. The third-order valence-corrected chi connectivity index (χ3v) is 2.15. The van der Waals surface area contributed by atoms with Crippen molar-refractivity contribution in [2.45, 2.75) is 19.4 Å². The Bertz CT molecular complexity index is 369. The Hall–Kier alpha value is -1.65. The highest BCUT2D eigenvalue weighted by Gasteiger charge is 2.18. The lowest BCUT2D eigenvalue weighted by molar-refractivity contribution is -0.132. The molecule has 0 fully saturated rings. The van der Waals surface area contributed by atoms with Crippen LogP contribution < -0.4 is 10.1 Å². The van der Waals surface area contributed by atoms with Crippen LogP contribution in [0.2, 0.25) is 0 Å². The lowest BCUT2D eigenvalue weighted by atomic mass is 10.1.